The lowest BCUT2D eigenvalue weighted by molar-refractivity contribution is -0.394. The quantitative estimate of drug-likeness (QED) is 0.495. The van der Waals surface area contributed by atoms with Gasteiger partial charge in [0.15, 0.2) is 0 Å². The summed E-state index contributed by atoms with van der Waals surface area (Å²) in [5.74, 6) is -0.312. The summed E-state index contributed by atoms with van der Waals surface area (Å²) in [4.78, 5) is 26.4. The normalized spacial score (nSPS) is 16.2. The number of hydrogen-bond donors (Lipinski definition) is 0. The molecule has 0 saturated heterocycles. The highest BCUT2D eigenvalue weighted by Gasteiger charge is 2.35. The fourth-order valence-electron chi connectivity index (χ4n) is 3.02. The van der Waals surface area contributed by atoms with Crippen LogP contribution in [-0.2, 0) is 11.3 Å². The number of benzene rings is 1. The lowest BCUT2D eigenvalue weighted by Gasteiger charge is -2.19. The molecule has 0 aliphatic carbocycles. The van der Waals surface area contributed by atoms with Crippen LogP contribution in [0.5, 0.6) is 0 Å². The van der Waals surface area contributed by atoms with Crippen molar-refractivity contribution in [3.05, 3.63) is 76.0 Å². The van der Waals surface area contributed by atoms with Crippen molar-refractivity contribution in [3.8, 4) is 0 Å². The first-order valence-electron chi connectivity index (χ1n) is 8.55. The topological polar surface area (TPSA) is 120 Å². The molecule has 0 fully saturated rings. The molecule has 1 unspecified atom stereocenters. The van der Waals surface area contributed by atoms with Gasteiger partial charge in [-0.3, -0.25) is 4.79 Å². The number of nitro groups is 1. The van der Waals surface area contributed by atoms with Crippen molar-refractivity contribution in [3.63, 3.8) is 0 Å². The van der Waals surface area contributed by atoms with Crippen LogP contribution in [0.15, 0.2) is 58.5 Å². The number of hydrazone groups is 1. The van der Waals surface area contributed by atoms with E-state index in [1.165, 1.54) is 5.01 Å². The van der Waals surface area contributed by atoms with Gasteiger partial charge in [0, 0.05) is 11.5 Å². The minimum Gasteiger partial charge on any atom is -0.467 e. The van der Waals surface area contributed by atoms with Gasteiger partial charge in [-0.25, -0.2) is 5.01 Å². The zero-order valence-corrected chi connectivity index (χ0v) is 14.9. The Balaban J connectivity index is 1.60. The molecule has 0 radical (unpaired) electrons. The van der Waals surface area contributed by atoms with E-state index in [-0.39, 0.29) is 12.5 Å². The standard InChI is InChI=1S/C18H16N6O4/c1-12-4-6-13(7-5-12)14-9-15(16-3-2-8-28-16)23(20-14)17(25)10-22-11-19-18(21-22)24(26)27/h2-8,11,15H,9-10H2,1H3. The number of nitrogens with zero attached hydrogens (tertiary/aromatic N) is 6. The number of aromatic nitrogens is 3. The van der Waals surface area contributed by atoms with E-state index in [1.807, 2.05) is 31.2 Å². The highest BCUT2D eigenvalue weighted by molar-refractivity contribution is 6.03. The van der Waals surface area contributed by atoms with E-state index < -0.39 is 16.9 Å². The van der Waals surface area contributed by atoms with Gasteiger partial charge in [-0.1, -0.05) is 34.8 Å². The third-order valence-electron chi connectivity index (χ3n) is 4.41. The van der Waals surface area contributed by atoms with Crippen LogP contribution in [0.4, 0.5) is 5.95 Å². The van der Waals surface area contributed by atoms with Crippen molar-refractivity contribution in [1.82, 2.24) is 19.8 Å². The molecule has 1 aromatic carbocycles. The molecule has 10 heteroatoms. The molecule has 0 bridgehead atoms. The molecular weight excluding hydrogens is 364 g/mol. The Kier molecular flexibility index (Phi) is 4.44. The van der Waals surface area contributed by atoms with Gasteiger partial charge >= 0.3 is 5.95 Å². The maximum Gasteiger partial charge on any atom is 0.490 e. The van der Waals surface area contributed by atoms with Gasteiger partial charge in [-0.05, 0) is 29.5 Å². The smallest absolute Gasteiger partial charge is 0.467 e. The Morgan fingerprint density at radius 1 is 1.32 bits per heavy atom. The molecule has 2 aromatic heterocycles. The summed E-state index contributed by atoms with van der Waals surface area (Å²) in [5, 5.41) is 20.3. The van der Waals surface area contributed by atoms with Crippen molar-refractivity contribution in [1.29, 1.82) is 0 Å². The fourth-order valence-corrected chi connectivity index (χ4v) is 3.02. The number of hydrogen-bond acceptors (Lipinski definition) is 7. The maximum atomic E-state index is 12.8. The first kappa shape index (κ1) is 17.6. The molecule has 1 aliphatic heterocycles. The van der Waals surface area contributed by atoms with Crippen LogP contribution in [0.1, 0.15) is 29.3 Å². The zero-order chi connectivity index (χ0) is 19.7. The number of amides is 1. The fraction of sp³-hybridized carbons (Fsp3) is 0.222. The number of carbonyl (C=O) groups is 1. The predicted molar refractivity (Wildman–Crippen MR) is 97.3 cm³/mol. The molecule has 1 atom stereocenters. The highest BCUT2D eigenvalue weighted by atomic mass is 16.6. The van der Waals surface area contributed by atoms with Crippen molar-refractivity contribution in [2.75, 3.05) is 0 Å². The van der Waals surface area contributed by atoms with Crippen LogP contribution in [-0.4, -0.2) is 36.3 Å². The number of furan rings is 1. The van der Waals surface area contributed by atoms with Gasteiger partial charge in [0.05, 0.1) is 12.0 Å². The predicted octanol–water partition coefficient (Wildman–Crippen LogP) is 2.47. The minimum atomic E-state index is -0.712. The third kappa shape index (κ3) is 3.39. The SMILES string of the molecule is Cc1ccc(C2=NN(C(=O)Cn3cnc([N+](=O)[O-])n3)C(c3ccco3)C2)cc1. The molecule has 4 rings (SSSR count). The van der Waals surface area contributed by atoms with Crippen molar-refractivity contribution >= 4 is 17.6 Å². The Hall–Kier alpha value is -3.82. The molecular formula is C18H16N6O4. The van der Waals surface area contributed by atoms with Crippen LogP contribution in [0.25, 0.3) is 0 Å². The first-order valence-corrected chi connectivity index (χ1v) is 8.55. The zero-order valence-electron chi connectivity index (χ0n) is 14.9. The van der Waals surface area contributed by atoms with E-state index >= 15 is 0 Å². The van der Waals surface area contributed by atoms with Crippen LogP contribution >= 0.6 is 0 Å². The third-order valence-corrected chi connectivity index (χ3v) is 4.41. The number of aryl methyl sites for hydroxylation is 1. The van der Waals surface area contributed by atoms with Crippen molar-refractivity contribution < 1.29 is 14.1 Å². The molecule has 28 heavy (non-hydrogen) atoms. The summed E-state index contributed by atoms with van der Waals surface area (Å²) in [5.41, 5.74) is 2.82. The minimum absolute atomic E-state index is 0.220. The van der Waals surface area contributed by atoms with E-state index in [4.69, 9.17) is 4.42 Å². The van der Waals surface area contributed by atoms with Crippen molar-refractivity contribution in [2.45, 2.75) is 25.9 Å². The second-order valence-corrected chi connectivity index (χ2v) is 6.39. The molecule has 1 amide bonds. The molecule has 10 nitrogen and oxygen atoms in total. The second kappa shape index (κ2) is 7.06. The summed E-state index contributed by atoms with van der Waals surface area (Å²) in [7, 11) is 0. The van der Waals surface area contributed by atoms with E-state index in [1.54, 1.807) is 18.4 Å². The van der Waals surface area contributed by atoms with Gasteiger partial charge in [0.25, 0.3) is 5.91 Å². The molecule has 0 spiro atoms. The van der Waals surface area contributed by atoms with Gasteiger partial charge in [0.1, 0.15) is 18.3 Å². The van der Waals surface area contributed by atoms with Crippen molar-refractivity contribution in [2.24, 2.45) is 5.10 Å². The van der Waals surface area contributed by atoms with Crippen LogP contribution in [0, 0.1) is 17.0 Å². The lowest BCUT2D eigenvalue weighted by Crippen LogP contribution is -2.30. The van der Waals surface area contributed by atoms with Gasteiger partial charge in [-0.15, -0.1) is 0 Å². The lowest BCUT2D eigenvalue weighted by atomic mass is 10.0. The first-order chi connectivity index (χ1) is 13.5. The maximum absolute atomic E-state index is 12.8. The van der Waals surface area contributed by atoms with Gasteiger partial charge in [-0.2, -0.15) is 9.78 Å². The molecule has 0 N–H and O–H groups in total. The summed E-state index contributed by atoms with van der Waals surface area (Å²) in [6, 6.07) is 11.0. The van der Waals surface area contributed by atoms with E-state index in [9.17, 15) is 14.9 Å². The van der Waals surface area contributed by atoms with Crippen LogP contribution < -0.4 is 0 Å². The second-order valence-electron chi connectivity index (χ2n) is 6.39. The molecule has 3 aromatic rings. The monoisotopic (exact) mass is 380 g/mol. The highest BCUT2D eigenvalue weighted by Crippen LogP contribution is 2.33. The summed E-state index contributed by atoms with van der Waals surface area (Å²) in [6.45, 7) is 1.78. The average Bonchev–Trinajstić information content (AvgIpc) is 3.42. The molecule has 1 aliphatic rings. The Bertz CT molecular complexity index is 1040. The van der Waals surface area contributed by atoms with Gasteiger partial charge < -0.3 is 14.5 Å². The Morgan fingerprint density at radius 2 is 2.11 bits per heavy atom. The van der Waals surface area contributed by atoms with E-state index in [0.29, 0.717) is 12.2 Å². The molecule has 142 valence electrons. The van der Waals surface area contributed by atoms with Crippen LogP contribution in [0.2, 0.25) is 0 Å². The van der Waals surface area contributed by atoms with E-state index in [0.717, 1.165) is 27.8 Å². The summed E-state index contributed by atoms with van der Waals surface area (Å²) in [6.07, 6.45) is 3.20. The summed E-state index contributed by atoms with van der Waals surface area (Å²) < 4.78 is 6.62. The number of carbonyl (C=O) groups excluding carboxylic acids is 1. The largest absolute Gasteiger partial charge is 0.490 e. The Labute approximate surface area is 159 Å². The average molecular weight is 380 g/mol. The number of rotatable bonds is 5. The molecule has 3 heterocycles. The molecule has 0 saturated carbocycles. The van der Waals surface area contributed by atoms with E-state index in [2.05, 4.69) is 15.2 Å². The summed E-state index contributed by atoms with van der Waals surface area (Å²) >= 11 is 0. The van der Waals surface area contributed by atoms with Crippen LogP contribution in [0.3, 0.4) is 0 Å². The van der Waals surface area contributed by atoms with Gasteiger partial charge in [0.2, 0.25) is 6.33 Å². The Morgan fingerprint density at radius 3 is 2.75 bits per heavy atom.